The van der Waals surface area contributed by atoms with E-state index >= 15 is 0 Å². The van der Waals surface area contributed by atoms with Crippen molar-refractivity contribution >= 4 is 15.7 Å². The number of carbonyl (C=O) groups is 1. The Morgan fingerprint density at radius 3 is 2.45 bits per heavy atom. The summed E-state index contributed by atoms with van der Waals surface area (Å²) in [6.45, 7) is 4.05. The average Bonchev–Trinajstić information content (AvgIpc) is 2.92. The van der Waals surface area contributed by atoms with Crippen LogP contribution < -0.4 is 5.73 Å². The summed E-state index contributed by atoms with van der Waals surface area (Å²) in [6, 6.07) is -0.0251. The molecule has 1 saturated heterocycles. The molecule has 3 rings (SSSR count). The van der Waals surface area contributed by atoms with Gasteiger partial charge in [0.2, 0.25) is 5.91 Å². The van der Waals surface area contributed by atoms with E-state index in [9.17, 15) is 13.2 Å². The van der Waals surface area contributed by atoms with Crippen LogP contribution in [0.15, 0.2) is 0 Å². The minimum absolute atomic E-state index is 0.0251. The van der Waals surface area contributed by atoms with Crippen molar-refractivity contribution in [1.29, 1.82) is 0 Å². The van der Waals surface area contributed by atoms with E-state index in [2.05, 4.69) is 0 Å². The van der Waals surface area contributed by atoms with Crippen molar-refractivity contribution in [3.8, 4) is 0 Å². The van der Waals surface area contributed by atoms with Crippen molar-refractivity contribution in [2.75, 3.05) is 18.8 Å². The van der Waals surface area contributed by atoms with Gasteiger partial charge in [-0.15, -0.1) is 0 Å². The van der Waals surface area contributed by atoms with Gasteiger partial charge in [0.1, 0.15) is 0 Å². The third-order valence-electron chi connectivity index (χ3n) is 5.62. The Kier molecular flexibility index (Phi) is 3.18. The average molecular weight is 300 g/mol. The molecule has 6 heteroatoms. The van der Waals surface area contributed by atoms with Gasteiger partial charge in [0, 0.05) is 19.1 Å². The van der Waals surface area contributed by atoms with Crippen LogP contribution in [-0.2, 0) is 14.6 Å². The van der Waals surface area contributed by atoms with Gasteiger partial charge < -0.3 is 10.6 Å². The molecule has 0 aromatic heterocycles. The fourth-order valence-electron chi connectivity index (χ4n) is 4.24. The molecule has 20 heavy (non-hydrogen) atoms. The minimum Gasteiger partial charge on any atom is -0.340 e. The quantitative estimate of drug-likeness (QED) is 0.760. The standard InChI is InChI=1S/C14H24N2O3S/c1-14(2)8-16(5-6-20(14,18)19)13(17)11-9-3-4-10(7-9)12(11)15/h9-12H,3-8,15H2,1-2H3. The number of hydrogen-bond donors (Lipinski definition) is 1. The lowest BCUT2D eigenvalue weighted by Gasteiger charge is -2.40. The number of rotatable bonds is 1. The Morgan fingerprint density at radius 2 is 1.90 bits per heavy atom. The third kappa shape index (κ3) is 1.99. The van der Waals surface area contributed by atoms with Crippen molar-refractivity contribution in [1.82, 2.24) is 4.90 Å². The van der Waals surface area contributed by atoms with Crippen molar-refractivity contribution < 1.29 is 13.2 Å². The van der Waals surface area contributed by atoms with Crippen LogP contribution >= 0.6 is 0 Å². The molecule has 114 valence electrons. The van der Waals surface area contributed by atoms with E-state index in [4.69, 9.17) is 5.73 Å². The molecule has 1 amide bonds. The van der Waals surface area contributed by atoms with Crippen molar-refractivity contribution in [3.63, 3.8) is 0 Å². The van der Waals surface area contributed by atoms with Gasteiger partial charge in [-0.05, 0) is 44.9 Å². The summed E-state index contributed by atoms with van der Waals surface area (Å²) in [6.07, 6.45) is 3.33. The van der Waals surface area contributed by atoms with E-state index in [1.807, 2.05) is 0 Å². The van der Waals surface area contributed by atoms with E-state index in [0.717, 1.165) is 19.3 Å². The highest BCUT2D eigenvalue weighted by molar-refractivity contribution is 7.92. The van der Waals surface area contributed by atoms with Gasteiger partial charge in [0.15, 0.2) is 9.84 Å². The highest BCUT2D eigenvalue weighted by Gasteiger charge is 2.51. The first-order valence-electron chi connectivity index (χ1n) is 7.49. The highest BCUT2D eigenvalue weighted by Crippen LogP contribution is 2.48. The van der Waals surface area contributed by atoms with Gasteiger partial charge in [0.25, 0.3) is 0 Å². The fourth-order valence-corrected chi connectivity index (χ4v) is 5.61. The molecule has 3 aliphatic rings. The first-order chi connectivity index (χ1) is 9.23. The summed E-state index contributed by atoms with van der Waals surface area (Å²) >= 11 is 0. The number of nitrogens with zero attached hydrogens (tertiary/aromatic N) is 1. The zero-order chi connectivity index (χ0) is 14.7. The SMILES string of the molecule is CC1(C)CN(C(=O)C2C3CCC(C3)C2N)CCS1(=O)=O. The fraction of sp³-hybridized carbons (Fsp3) is 0.929. The van der Waals surface area contributed by atoms with Crippen LogP contribution in [0, 0.1) is 17.8 Å². The molecule has 2 saturated carbocycles. The highest BCUT2D eigenvalue weighted by atomic mass is 32.2. The lowest BCUT2D eigenvalue weighted by molar-refractivity contribution is -0.138. The predicted octanol–water partition coefficient (Wildman–Crippen LogP) is 0.395. The number of sulfone groups is 1. The summed E-state index contributed by atoms with van der Waals surface area (Å²) in [4.78, 5) is 14.5. The first kappa shape index (κ1) is 14.3. The molecule has 0 radical (unpaired) electrons. The van der Waals surface area contributed by atoms with E-state index in [1.165, 1.54) is 0 Å². The summed E-state index contributed by atoms with van der Waals surface area (Å²) in [7, 11) is -3.10. The topological polar surface area (TPSA) is 80.5 Å². The summed E-state index contributed by atoms with van der Waals surface area (Å²) in [5.41, 5.74) is 6.23. The smallest absolute Gasteiger partial charge is 0.227 e. The molecule has 4 unspecified atom stereocenters. The van der Waals surface area contributed by atoms with Crippen LogP contribution in [0.1, 0.15) is 33.1 Å². The van der Waals surface area contributed by atoms with Crippen LogP contribution in [0.5, 0.6) is 0 Å². The maximum atomic E-state index is 12.8. The molecule has 1 heterocycles. The Labute approximate surface area is 120 Å². The maximum absolute atomic E-state index is 12.8. The molecule has 5 nitrogen and oxygen atoms in total. The van der Waals surface area contributed by atoms with Crippen molar-refractivity contribution in [2.45, 2.75) is 43.9 Å². The Bertz CT molecular complexity index is 527. The van der Waals surface area contributed by atoms with Gasteiger partial charge in [-0.2, -0.15) is 0 Å². The number of carbonyl (C=O) groups excluding carboxylic acids is 1. The molecule has 0 spiro atoms. The van der Waals surface area contributed by atoms with Gasteiger partial charge >= 0.3 is 0 Å². The molecule has 2 aliphatic carbocycles. The zero-order valence-electron chi connectivity index (χ0n) is 12.2. The van der Waals surface area contributed by atoms with Crippen molar-refractivity contribution in [3.05, 3.63) is 0 Å². The van der Waals surface area contributed by atoms with Crippen LogP contribution in [-0.4, -0.2) is 48.9 Å². The number of hydrogen-bond acceptors (Lipinski definition) is 4. The van der Waals surface area contributed by atoms with Gasteiger partial charge in [-0.1, -0.05) is 0 Å². The first-order valence-corrected chi connectivity index (χ1v) is 9.15. The van der Waals surface area contributed by atoms with E-state index in [1.54, 1.807) is 18.7 Å². The summed E-state index contributed by atoms with van der Waals surface area (Å²) in [5.74, 6) is 1.000. The molecule has 3 fully saturated rings. The number of amides is 1. The minimum atomic E-state index is -3.10. The molecular formula is C14H24N2O3S. The van der Waals surface area contributed by atoms with Crippen LogP contribution in [0.4, 0.5) is 0 Å². The third-order valence-corrected chi connectivity index (χ3v) is 8.15. The predicted molar refractivity (Wildman–Crippen MR) is 76.7 cm³/mol. The van der Waals surface area contributed by atoms with Crippen LogP contribution in [0.25, 0.3) is 0 Å². The summed E-state index contributed by atoms with van der Waals surface area (Å²) in [5, 5.41) is 0. The van der Waals surface area contributed by atoms with E-state index in [-0.39, 0.29) is 23.6 Å². The van der Waals surface area contributed by atoms with E-state index < -0.39 is 14.6 Å². The molecule has 4 atom stereocenters. The second-order valence-electron chi connectivity index (χ2n) is 7.27. The maximum Gasteiger partial charge on any atom is 0.227 e. The largest absolute Gasteiger partial charge is 0.340 e. The molecular weight excluding hydrogens is 276 g/mol. The molecule has 2 N–H and O–H groups in total. The monoisotopic (exact) mass is 300 g/mol. The Hall–Kier alpha value is -0.620. The molecule has 2 bridgehead atoms. The van der Waals surface area contributed by atoms with Gasteiger partial charge in [-0.25, -0.2) is 8.42 Å². The van der Waals surface area contributed by atoms with Crippen molar-refractivity contribution in [2.24, 2.45) is 23.5 Å². The lowest BCUT2D eigenvalue weighted by atomic mass is 9.84. The number of fused-ring (bicyclic) bond motifs is 2. The Morgan fingerprint density at radius 1 is 1.25 bits per heavy atom. The van der Waals surface area contributed by atoms with Crippen LogP contribution in [0.3, 0.4) is 0 Å². The second-order valence-corrected chi connectivity index (χ2v) is 10.0. The molecule has 0 aromatic rings. The zero-order valence-corrected chi connectivity index (χ0v) is 13.0. The van der Waals surface area contributed by atoms with Gasteiger partial charge in [-0.3, -0.25) is 4.79 Å². The Balaban J connectivity index is 1.76. The molecule has 1 aliphatic heterocycles. The molecule has 0 aromatic carbocycles. The summed E-state index contributed by atoms with van der Waals surface area (Å²) < 4.78 is 23.2. The number of nitrogens with two attached hydrogens (primary N) is 1. The lowest BCUT2D eigenvalue weighted by Crippen LogP contribution is -2.57. The normalized spacial score (nSPS) is 41.9. The second kappa shape index (κ2) is 4.44. The van der Waals surface area contributed by atoms with E-state index in [0.29, 0.717) is 24.9 Å². The van der Waals surface area contributed by atoms with Crippen LogP contribution in [0.2, 0.25) is 0 Å². The van der Waals surface area contributed by atoms with Gasteiger partial charge in [0.05, 0.1) is 16.4 Å².